The summed E-state index contributed by atoms with van der Waals surface area (Å²) in [5, 5.41) is 0. The maximum atomic E-state index is 12.6. The number of carbonyl (C=O) groups is 1. The molecule has 0 aromatic rings. The Morgan fingerprint density at radius 2 is 1.47 bits per heavy atom. The van der Waals surface area contributed by atoms with E-state index in [0.29, 0.717) is 0 Å². The molecule has 0 bridgehead atoms. The van der Waals surface area contributed by atoms with Crippen molar-refractivity contribution >= 4 is 5.78 Å². The molecule has 7 heteroatoms. The molecule has 0 heterocycles. The molecule has 15 heavy (non-hydrogen) atoms. The van der Waals surface area contributed by atoms with Crippen molar-refractivity contribution in [2.75, 3.05) is 0 Å². The molecule has 0 fully saturated rings. The second kappa shape index (κ2) is 4.42. The first-order chi connectivity index (χ1) is 6.48. The molecule has 2 nitrogen and oxygen atoms in total. The molecule has 90 valence electrons. The first kappa shape index (κ1) is 14.3. The number of Topliss-reactive ketones (excluding diaryl/α,β-unsaturated/α-hetero) is 1. The second-order valence-electron chi connectivity index (χ2n) is 3.41. The zero-order valence-corrected chi connectivity index (χ0v) is 8.36. The van der Waals surface area contributed by atoms with Crippen molar-refractivity contribution in [2.24, 2.45) is 5.92 Å². The van der Waals surface area contributed by atoms with Gasteiger partial charge in [-0.2, -0.15) is 22.0 Å². The van der Waals surface area contributed by atoms with Crippen LogP contribution in [0.15, 0.2) is 0 Å². The summed E-state index contributed by atoms with van der Waals surface area (Å²) >= 11 is 0. The zero-order chi connectivity index (χ0) is 12.4. The van der Waals surface area contributed by atoms with Crippen LogP contribution in [-0.4, -0.2) is 24.2 Å². The largest absolute Gasteiger partial charge is 0.459 e. The van der Waals surface area contributed by atoms with E-state index in [1.165, 1.54) is 20.8 Å². The summed E-state index contributed by atoms with van der Waals surface area (Å²) in [6, 6.07) is 0. The smallest absolute Gasteiger partial charge is 0.311 e. The third kappa shape index (κ3) is 4.11. The molecule has 0 aromatic carbocycles. The highest BCUT2D eigenvalue weighted by Gasteiger charge is 2.57. The van der Waals surface area contributed by atoms with Crippen LogP contribution in [0.5, 0.6) is 0 Å². The number of ether oxygens (including phenoxy) is 1. The summed E-state index contributed by atoms with van der Waals surface area (Å²) in [5.74, 6) is -3.60. The molecule has 0 aliphatic heterocycles. The molecule has 0 unspecified atom stereocenters. The van der Waals surface area contributed by atoms with Crippen LogP contribution >= 0.6 is 0 Å². The standard InChI is InChI=1S/C8H11F5O2/c1-4(2)5(3)15-8(12,13)6(14)7(9,10)11/h4-5H,1-3H3/t5-/m0/s1. The lowest BCUT2D eigenvalue weighted by molar-refractivity contribution is -0.274. The van der Waals surface area contributed by atoms with Gasteiger partial charge in [-0.25, -0.2) is 0 Å². The maximum absolute atomic E-state index is 12.6. The first-order valence-electron chi connectivity index (χ1n) is 4.15. The number of ketones is 1. The van der Waals surface area contributed by atoms with Crippen molar-refractivity contribution in [1.82, 2.24) is 0 Å². The van der Waals surface area contributed by atoms with Crippen molar-refractivity contribution in [3.8, 4) is 0 Å². The molecule has 0 aliphatic carbocycles. The maximum Gasteiger partial charge on any atom is 0.459 e. The van der Waals surface area contributed by atoms with Gasteiger partial charge in [0.1, 0.15) is 0 Å². The van der Waals surface area contributed by atoms with E-state index in [0.717, 1.165) is 0 Å². The zero-order valence-electron chi connectivity index (χ0n) is 8.36. The van der Waals surface area contributed by atoms with Crippen LogP contribution in [0.25, 0.3) is 0 Å². The van der Waals surface area contributed by atoms with Crippen LogP contribution in [0, 0.1) is 5.92 Å². The summed E-state index contributed by atoms with van der Waals surface area (Å²) in [4.78, 5) is 10.2. The van der Waals surface area contributed by atoms with E-state index in [4.69, 9.17) is 0 Å². The van der Waals surface area contributed by atoms with E-state index in [1.54, 1.807) is 0 Å². The molecule has 0 saturated carbocycles. The summed E-state index contributed by atoms with van der Waals surface area (Å²) in [6.45, 7) is 4.14. The van der Waals surface area contributed by atoms with E-state index in [2.05, 4.69) is 4.74 Å². The summed E-state index contributed by atoms with van der Waals surface area (Å²) in [5.41, 5.74) is 0. The van der Waals surface area contributed by atoms with Crippen molar-refractivity contribution in [2.45, 2.75) is 39.2 Å². The quantitative estimate of drug-likeness (QED) is 0.699. The Morgan fingerprint density at radius 3 is 1.73 bits per heavy atom. The second-order valence-corrected chi connectivity index (χ2v) is 3.41. The number of alkyl halides is 5. The van der Waals surface area contributed by atoms with Crippen molar-refractivity contribution in [3.05, 3.63) is 0 Å². The molecule has 1 atom stereocenters. The highest BCUT2D eigenvalue weighted by Crippen LogP contribution is 2.30. The minimum atomic E-state index is -5.60. The predicted octanol–water partition coefficient (Wildman–Crippen LogP) is 2.77. The molecule has 0 aliphatic rings. The van der Waals surface area contributed by atoms with Gasteiger partial charge in [0.25, 0.3) is 0 Å². The SMILES string of the molecule is CC(C)[C@H](C)OC(F)(F)C(=O)C(F)(F)F. The third-order valence-corrected chi connectivity index (χ3v) is 1.79. The number of carbonyl (C=O) groups excluding carboxylic acids is 1. The Hall–Kier alpha value is -0.720. The highest BCUT2D eigenvalue weighted by molar-refractivity contribution is 5.89. The summed E-state index contributed by atoms with van der Waals surface area (Å²) in [7, 11) is 0. The van der Waals surface area contributed by atoms with Crippen molar-refractivity contribution < 1.29 is 31.5 Å². The molecule has 0 spiro atoms. The fraction of sp³-hybridized carbons (Fsp3) is 0.875. The van der Waals surface area contributed by atoms with E-state index >= 15 is 0 Å². The molecule has 0 aromatic heterocycles. The lowest BCUT2D eigenvalue weighted by Gasteiger charge is -2.23. The third-order valence-electron chi connectivity index (χ3n) is 1.79. The van der Waals surface area contributed by atoms with Gasteiger partial charge in [-0.05, 0) is 12.8 Å². The predicted molar refractivity (Wildman–Crippen MR) is 41.4 cm³/mol. The molecule has 0 amide bonds. The monoisotopic (exact) mass is 234 g/mol. The topological polar surface area (TPSA) is 26.3 Å². The fourth-order valence-corrected chi connectivity index (χ4v) is 0.588. The Labute approximate surface area is 83.4 Å². The number of hydrogen-bond acceptors (Lipinski definition) is 2. The first-order valence-corrected chi connectivity index (χ1v) is 4.15. The van der Waals surface area contributed by atoms with Gasteiger partial charge in [0.15, 0.2) is 0 Å². The average molecular weight is 234 g/mol. The van der Waals surface area contributed by atoms with Gasteiger partial charge in [0.05, 0.1) is 6.10 Å². The number of rotatable bonds is 4. The fourth-order valence-electron chi connectivity index (χ4n) is 0.588. The lowest BCUT2D eigenvalue weighted by Crippen LogP contribution is -2.44. The summed E-state index contributed by atoms with van der Waals surface area (Å²) < 4.78 is 64.1. The Kier molecular flexibility index (Phi) is 4.21. The van der Waals surface area contributed by atoms with Gasteiger partial charge in [0.2, 0.25) is 0 Å². The molecular weight excluding hydrogens is 223 g/mol. The van der Waals surface area contributed by atoms with Crippen LogP contribution in [0.4, 0.5) is 22.0 Å². The van der Waals surface area contributed by atoms with Crippen LogP contribution in [0.2, 0.25) is 0 Å². The summed E-state index contributed by atoms with van der Waals surface area (Å²) in [6.07, 6.45) is -11.6. The van der Waals surface area contributed by atoms with Gasteiger partial charge in [0, 0.05) is 0 Å². The van der Waals surface area contributed by atoms with Crippen LogP contribution in [0.1, 0.15) is 20.8 Å². The molecule has 0 radical (unpaired) electrons. The minimum Gasteiger partial charge on any atom is -0.311 e. The Bertz CT molecular complexity index is 234. The Balaban J connectivity index is 4.63. The van der Waals surface area contributed by atoms with E-state index < -0.39 is 30.1 Å². The number of halogens is 5. The van der Waals surface area contributed by atoms with Gasteiger partial charge >= 0.3 is 18.1 Å². The molecule has 0 saturated heterocycles. The Morgan fingerprint density at radius 1 is 1.07 bits per heavy atom. The van der Waals surface area contributed by atoms with Crippen LogP contribution in [-0.2, 0) is 9.53 Å². The van der Waals surface area contributed by atoms with Gasteiger partial charge in [-0.15, -0.1) is 0 Å². The van der Waals surface area contributed by atoms with Crippen molar-refractivity contribution in [3.63, 3.8) is 0 Å². The highest BCUT2D eigenvalue weighted by atomic mass is 19.4. The number of hydrogen-bond donors (Lipinski definition) is 0. The van der Waals surface area contributed by atoms with Gasteiger partial charge in [-0.1, -0.05) is 13.8 Å². The van der Waals surface area contributed by atoms with E-state index in [9.17, 15) is 26.7 Å². The molecule has 0 rings (SSSR count). The van der Waals surface area contributed by atoms with Crippen molar-refractivity contribution in [1.29, 1.82) is 0 Å². The molecule has 0 N–H and O–H groups in total. The van der Waals surface area contributed by atoms with E-state index in [1.807, 2.05) is 0 Å². The van der Waals surface area contributed by atoms with Gasteiger partial charge in [-0.3, -0.25) is 4.79 Å². The van der Waals surface area contributed by atoms with E-state index in [-0.39, 0.29) is 0 Å². The van der Waals surface area contributed by atoms with Crippen LogP contribution in [0.3, 0.4) is 0 Å². The minimum absolute atomic E-state index is 0.420. The van der Waals surface area contributed by atoms with Gasteiger partial charge < -0.3 is 4.74 Å². The molecular formula is C8H11F5O2. The van der Waals surface area contributed by atoms with Crippen LogP contribution < -0.4 is 0 Å². The lowest BCUT2D eigenvalue weighted by atomic mass is 10.1. The normalized spacial score (nSPS) is 15.5. The average Bonchev–Trinajstić information content (AvgIpc) is 2.00.